The van der Waals surface area contributed by atoms with Crippen molar-refractivity contribution in [2.75, 3.05) is 6.54 Å². The van der Waals surface area contributed by atoms with E-state index >= 15 is 0 Å². The van der Waals surface area contributed by atoms with Crippen molar-refractivity contribution in [1.29, 1.82) is 0 Å². The van der Waals surface area contributed by atoms with E-state index in [1.807, 2.05) is 0 Å². The zero-order valence-electron chi connectivity index (χ0n) is 8.64. The van der Waals surface area contributed by atoms with Crippen molar-refractivity contribution < 1.29 is 4.79 Å². The van der Waals surface area contributed by atoms with Crippen molar-refractivity contribution >= 4 is 23.1 Å². The third kappa shape index (κ3) is 2.05. The van der Waals surface area contributed by atoms with Gasteiger partial charge in [-0.3, -0.25) is 4.79 Å². The lowest BCUT2D eigenvalue weighted by atomic mass is 9.68. The van der Waals surface area contributed by atoms with Crippen LogP contribution in [-0.4, -0.2) is 17.4 Å². The van der Waals surface area contributed by atoms with Crippen molar-refractivity contribution in [2.24, 2.45) is 11.1 Å². The van der Waals surface area contributed by atoms with E-state index < -0.39 is 5.41 Å². The number of rotatable bonds is 5. The van der Waals surface area contributed by atoms with Gasteiger partial charge in [-0.1, -0.05) is 32.0 Å². The van der Waals surface area contributed by atoms with E-state index in [1.165, 1.54) is 0 Å². The molecule has 0 aromatic heterocycles. The van der Waals surface area contributed by atoms with Crippen LogP contribution in [0.3, 0.4) is 0 Å². The van der Waals surface area contributed by atoms with Gasteiger partial charge in [-0.25, -0.2) is 0 Å². The Morgan fingerprint density at radius 2 is 2.21 bits per heavy atom. The molecule has 0 atom stereocenters. The van der Waals surface area contributed by atoms with Gasteiger partial charge < -0.3 is 11.1 Å². The van der Waals surface area contributed by atoms with E-state index in [9.17, 15) is 4.79 Å². The van der Waals surface area contributed by atoms with Gasteiger partial charge >= 0.3 is 0 Å². The lowest BCUT2D eigenvalue weighted by Gasteiger charge is -2.39. The molecule has 0 aromatic carbocycles. The van der Waals surface area contributed by atoms with Gasteiger partial charge in [0.2, 0.25) is 5.91 Å². The van der Waals surface area contributed by atoms with Crippen LogP contribution in [-0.2, 0) is 4.79 Å². The quantitative estimate of drug-likeness (QED) is 0.536. The fraction of sp³-hybridized carbons (Fsp3) is 0.800. The number of unbranched alkanes of at least 4 members (excludes halogenated alkanes) is 1. The predicted octanol–water partition coefficient (Wildman–Crippen LogP) is 1.36. The van der Waals surface area contributed by atoms with Crippen LogP contribution in [0.2, 0.25) is 0 Å². The topological polar surface area (TPSA) is 55.1 Å². The van der Waals surface area contributed by atoms with Crippen LogP contribution in [0, 0.1) is 5.41 Å². The molecule has 14 heavy (non-hydrogen) atoms. The molecule has 1 fully saturated rings. The van der Waals surface area contributed by atoms with Crippen LogP contribution in [0.1, 0.15) is 39.0 Å². The van der Waals surface area contributed by atoms with Gasteiger partial charge in [-0.05, 0) is 19.3 Å². The summed E-state index contributed by atoms with van der Waals surface area (Å²) < 4.78 is 0. The summed E-state index contributed by atoms with van der Waals surface area (Å²) in [6, 6.07) is 0. The standard InChI is InChI=1S/C10H18N2OS/c1-2-3-7-12-9(13)10(8(11)14)5-4-6-10/h2-7H2,1H3,(H2,11,14)(H,12,13). The molecule has 3 N–H and O–H groups in total. The van der Waals surface area contributed by atoms with E-state index in [2.05, 4.69) is 12.2 Å². The Morgan fingerprint density at radius 1 is 1.57 bits per heavy atom. The third-order valence-electron chi connectivity index (χ3n) is 2.93. The molecule has 0 aromatic rings. The molecular weight excluding hydrogens is 196 g/mol. The number of carbonyl (C=O) groups excluding carboxylic acids is 1. The van der Waals surface area contributed by atoms with Gasteiger partial charge in [0.25, 0.3) is 0 Å². The van der Waals surface area contributed by atoms with Crippen molar-refractivity contribution in [3.8, 4) is 0 Å². The number of nitrogens with two attached hydrogens (primary N) is 1. The second-order valence-corrected chi connectivity index (χ2v) is 4.35. The van der Waals surface area contributed by atoms with E-state index in [0.29, 0.717) is 4.99 Å². The Balaban J connectivity index is 2.45. The molecule has 0 aliphatic heterocycles. The highest BCUT2D eigenvalue weighted by molar-refractivity contribution is 7.80. The fourth-order valence-electron chi connectivity index (χ4n) is 1.66. The number of hydrogen-bond donors (Lipinski definition) is 2. The Hall–Kier alpha value is -0.640. The summed E-state index contributed by atoms with van der Waals surface area (Å²) in [6.07, 6.45) is 4.79. The fourth-order valence-corrected chi connectivity index (χ4v) is 1.96. The second kappa shape index (κ2) is 4.73. The molecule has 1 saturated carbocycles. The maximum Gasteiger partial charge on any atom is 0.233 e. The second-order valence-electron chi connectivity index (χ2n) is 3.91. The van der Waals surface area contributed by atoms with E-state index in [-0.39, 0.29) is 5.91 Å². The molecule has 1 rings (SSSR count). The highest BCUT2D eigenvalue weighted by Crippen LogP contribution is 2.41. The average molecular weight is 214 g/mol. The van der Waals surface area contributed by atoms with Gasteiger partial charge in [0, 0.05) is 6.54 Å². The molecule has 0 unspecified atom stereocenters. The summed E-state index contributed by atoms with van der Waals surface area (Å²) in [5.41, 5.74) is 5.10. The Kier molecular flexibility index (Phi) is 3.86. The van der Waals surface area contributed by atoms with Crippen LogP contribution in [0.4, 0.5) is 0 Å². The molecule has 4 heteroatoms. The first kappa shape index (κ1) is 11.4. The maximum atomic E-state index is 11.8. The van der Waals surface area contributed by atoms with Gasteiger partial charge in [0.05, 0.1) is 10.4 Å². The van der Waals surface area contributed by atoms with Crippen LogP contribution in [0.15, 0.2) is 0 Å². The monoisotopic (exact) mass is 214 g/mol. The molecule has 1 amide bonds. The summed E-state index contributed by atoms with van der Waals surface area (Å²) in [6.45, 7) is 2.83. The number of carbonyl (C=O) groups is 1. The summed E-state index contributed by atoms with van der Waals surface area (Å²) in [5.74, 6) is 0.0321. The smallest absolute Gasteiger partial charge is 0.233 e. The van der Waals surface area contributed by atoms with Gasteiger partial charge in [0.1, 0.15) is 0 Å². The van der Waals surface area contributed by atoms with E-state index in [1.54, 1.807) is 0 Å². The maximum absolute atomic E-state index is 11.8. The molecule has 0 bridgehead atoms. The molecule has 0 radical (unpaired) electrons. The lowest BCUT2D eigenvalue weighted by molar-refractivity contribution is -0.130. The van der Waals surface area contributed by atoms with E-state index in [0.717, 1.165) is 38.6 Å². The SMILES string of the molecule is CCCCNC(=O)C1(C(N)=S)CCC1. The van der Waals surface area contributed by atoms with E-state index in [4.69, 9.17) is 18.0 Å². The van der Waals surface area contributed by atoms with Gasteiger partial charge in [-0.2, -0.15) is 0 Å². The largest absolute Gasteiger partial charge is 0.392 e. The molecule has 1 aliphatic carbocycles. The molecule has 80 valence electrons. The zero-order chi connectivity index (χ0) is 10.6. The summed E-state index contributed by atoms with van der Waals surface area (Å²) in [7, 11) is 0. The molecule has 3 nitrogen and oxygen atoms in total. The average Bonchev–Trinajstić information content (AvgIpc) is 2.01. The number of hydrogen-bond acceptors (Lipinski definition) is 2. The first-order valence-corrected chi connectivity index (χ1v) is 5.62. The van der Waals surface area contributed by atoms with Crippen LogP contribution >= 0.6 is 12.2 Å². The van der Waals surface area contributed by atoms with Gasteiger partial charge in [0.15, 0.2) is 0 Å². The normalized spacial score (nSPS) is 18.4. The van der Waals surface area contributed by atoms with Crippen molar-refractivity contribution in [1.82, 2.24) is 5.32 Å². The lowest BCUT2D eigenvalue weighted by Crippen LogP contribution is -2.53. The highest BCUT2D eigenvalue weighted by Gasteiger charge is 2.46. The minimum absolute atomic E-state index is 0.0321. The number of nitrogens with one attached hydrogen (secondary N) is 1. The Morgan fingerprint density at radius 3 is 2.57 bits per heavy atom. The van der Waals surface area contributed by atoms with Crippen molar-refractivity contribution in [3.05, 3.63) is 0 Å². The first-order valence-electron chi connectivity index (χ1n) is 5.21. The summed E-state index contributed by atoms with van der Waals surface area (Å²) >= 11 is 4.95. The first-order chi connectivity index (χ1) is 6.63. The summed E-state index contributed by atoms with van der Waals surface area (Å²) in [5, 5.41) is 2.90. The van der Waals surface area contributed by atoms with Crippen LogP contribution in [0.5, 0.6) is 0 Å². The van der Waals surface area contributed by atoms with Gasteiger partial charge in [-0.15, -0.1) is 0 Å². The molecule has 0 saturated heterocycles. The summed E-state index contributed by atoms with van der Waals surface area (Å²) in [4.78, 5) is 12.1. The highest BCUT2D eigenvalue weighted by atomic mass is 32.1. The van der Waals surface area contributed by atoms with Crippen LogP contribution < -0.4 is 11.1 Å². The minimum atomic E-state index is -0.511. The molecule has 1 aliphatic rings. The Bertz CT molecular complexity index is 236. The number of thiocarbonyl (C=S) groups is 1. The third-order valence-corrected chi connectivity index (χ3v) is 3.32. The van der Waals surface area contributed by atoms with Crippen molar-refractivity contribution in [2.45, 2.75) is 39.0 Å². The van der Waals surface area contributed by atoms with Crippen LogP contribution in [0.25, 0.3) is 0 Å². The number of amides is 1. The minimum Gasteiger partial charge on any atom is -0.392 e. The molecule has 0 spiro atoms. The zero-order valence-corrected chi connectivity index (χ0v) is 9.45. The predicted molar refractivity (Wildman–Crippen MR) is 61.0 cm³/mol. The Labute approximate surface area is 90.4 Å². The molecule has 0 heterocycles. The molecular formula is C10H18N2OS. The van der Waals surface area contributed by atoms with Crippen molar-refractivity contribution in [3.63, 3.8) is 0 Å².